The number of carbonyl (C=O) groups is 1. The molecule has 0 aromatic carbocycles. The fraction of sp³-hybridized carbons (Fsp3) is 0.923. The monoisotopic (exact) mass is 258 g/mol. The highest BCUT2D eigenvalue weighted by Crippen LogP contribution is 2.30. The molecule has 0 bridgehead atoms. The highest BCUT2D eigenvalue weighted by Gasteiger charge is 2.36. The van der Waals surface area contributed by atoms with Gasteiger partial charge in [0.2, 0.25) is 5.91 Å². The van der Waals surface area contributed by atoms with Crippen molar-refractivity contribution in [1.82, 2.24) is 10.6 Å². The van der Waals surface area contributed by atoms with Gasteiger partial charge in [-0.15, -0.1) is 0 Å². The number of piperidine rings is 1. The molecule has 1 heterocycles. The number of amides is 1. The van der Waals surface area contributed by atoms with E-state index in [1.165, 1.54) is 6.42 Å². The van der Waals surface area contributed by atoms with Gasteiger partial charge in [0, 0.05) is 6.54 Å². The molecular formula is C13H26N2OS. The van der Waals surface area contributed by atoms with Crippen LogP contribution < -0.4 is 10.6 Å². The van der Waals surface area contributed by atoms with Crippen LogP contribution in [0, 0.1) is 11.3 Å². The van der Waals surface area contributed by atoms with Crippen molar-refractivity contribution in [3.8, 4) is 0 Å². The lowest BCUT2D eigenvalue weighted by Gasteiger charge is -2.38. The van der Waals surface area contributed by atoms with Crippen molar-refractivity contribution >= 4 is 17.7 Å². The maximum Gasteiger partial charge on any atom is 0.237 e. The van der Waals surface area contributed by atoms with Crippen LogP contribution in [0.15, 0.2) is 0 Å². The van der Waals surface area contributed by atoms with Crippen LogP contribution in [0.3, 0.4) is 0 Å². The first kappa shape index (κ1) is 14.8. The molecular weight excluding hydrogens is 232 g/mol. The van der Waals surface area contributed by atoms with Gasteiger partial charge in [0.05, 0.1) is 6.04 Å². The van der Waals surface area contributed by atoms with Gasteiger partial charge in [0.15, 0.2) is 0 Å². The third-order valence-corrected chi connectivity index (χ3v) is 4.37. The molecule has 0 spiro atoms. The predicted molar refractivity (Wildman–Crippen MR) is 75.4 cm³/mol. The van der Waals surface area contributed by atoms with E-state index in [9.17, 15) is 4.79 Å². The minimum Gasteiger partial charge on any atom is -0.354 e. The zero-order valence-corrected chi connectivity index (χ0v) is 12.3. The molecule has 2 atom stereocenters. The van der Waals surface area contributed by atoms with Gasteiger partial charge in [-0.2, -0.15) is 11.8 Å². The summed E-state index contributed by atoms with van der Waals surface area (Å²) in [5.74, 6) is 1.81. The average molecular weight is 258 g/mol. The van der Waals surface area contributed by atoms with Crippen LogP contribution in [0.1, 0.15) is 33.6 Å². The zero-order chi connectivity index (χ0) is 12.9. The molecule has 0 radical (unpaired) electrons. The minimum atomic E-state index is -0.0299. The van der Waals surface area contributed by atoms with E-state index in [1.54, 1.807) is 0 Å². The normalized spacial score (nSPS) is 25.3. The predicted octanol–water partition coefficient (Wildman–Crippen LogP) is 1.88. The van der Waals surface area contributed by atoms with E-state index in [-0.39, 0.29) is 17.4 Å². The summed E-state index contributed by atoms with van der Waals surface area (Å²) in [5.41, 5.74) is 0.0745. The molecule has 4 heteroatoms. The summed E-state index contributed by atoms with van der Waals surface area (Å²) in [6.07, 6.45) is 4.39. The molecule has 17 heavy (non-hydrogen) atoms. The lowest BCUT2D eigenvalue weighted by Crippen LogP contribution is -2.56. The second-order valence-corrected chi connectivity index (χ2v) is 6.70. The van der Waals surface area contributed by atoms with E-state index in [0.717, 1.165) is 25.3 Å². The quantitative estimate of drug-likeness (QED) is 0.791. The lowest BCUT2D eigenvalue weighted by molar-refractivity contribution is -0.126. The maximum absolute atomic E-state index is 12.1. The molecule has 1 rings (SSSR count). The van der Waals surface area contributed by atoms with Crippen LogP contribution in [0.5, 0.6) is 0 Å². The Morgan fingerprint density at radius 1 is 1.59 bits per heavy atom. The van der Waals surface area contributed by atoms with Crippen LogP contribution in [0.2, 0.25) is 0 Å². The lowest BCUT2D eigenvalue weighted by atomic mass is 9.77. The van der Waals surface area contributed by atoms with Crippen LogP contribution in [-0.4, -0.2) is 37.0 Å². The first-order valence-corrected chi connectivity index (χ1v) is 7.87. The molecule has 0 aliphatic carbocycles. The van der Waals surface area contributed by atoms with Gasteiger partial charge in [-0.25, -0.2) is 0 Å². The van der Waals surface area contributed by atoms with Crippen LogP contribution in [0.4, 0.5) is 0 Å². The Labute approximate surface area is 109 Å². The van der Waals surface area contributed by atoms with Crippen molar-refractivity contribution in [2.75, 3.05) is 25.1 Å². The summed E-state index contributed by atoms with van der Waals surface area (Å²) in [6.45, 7) is 8.27. The first-order valence-electron chi connectivity index (χ1n) is 6.47. The van der Waals surface area contributed by atoms with E-state index in [0.29, 0.717) is 5.92 Å². The average Bonchev–Trinajstić information content (AvgIpc) is 2.26. The second-order valence-electron chi connectivity index (χ2n) is 5.78. The molecule has 2 unspecified atom stereocenters. The van der Waals surface area contributed by atoms with Crippen molar-refractivity contribution < 1.29 is 4.79 Å². The molecule has 1 aliphatic heterocycles. The van der Waals surface area contributed by atoms with Gasteiger partial charge in [-0.3, -0.25) is 4.79 Å². The van der Waals surface area contributed by atoms with Crippen molar-refractivity contribution in [2.45, 2.75) is 39.7 Å². The van der Waals surface area contributed by atoms with E-state index >= 15 is 0 Å². The SMILES string of the molecule is CSCC(C)CNC(=O)C1NCCCC1(C)C. The zero-order valence-electron chi connectivity index (χ0n) is 11.5. The largest absolute Gasteiger partial charge is 0.354 e. The van der Waals surface area contributed by atoms with Crippen LogP contribution >= 0.6 is 11.8 Å². The Morgan fingerprint density at radius 2 is 2.29 bits per heavy atom. The maximum atomic E-state index is 12.1. The molecule has 1 amide bonds. The topological polar surface area (TPSA) is 41.1 Å². The van der Waals surface area contributed by atoms with Crippen molar-refractivity contribution in [3.05, 3.63) is 0 Å². The highest BCUT2D eigenvalue weighted by atomic mass is 32.2. The number of nitrogens with one attached hydrogen (secondary N) is 2. The van der Waals surface area contributed by atoms with Gasteiger partial charge < -0.3 is 10.6 Å². The molecule has 0 saturated carbocycles. The summed E-state index contributed by atoms with van der Waals surface area (Å²) in [4.78, 5) is 12.1. The van der Waals surface area contributed by atoms with E-state index in [1.807, 2.05) is 11.8 Å². The fourth-order valence-electron chi connectivity index (χ4n) is 2.38. The number of carbonyl (C=O) groups excluding carboxylic acids is 1. The number of hydrogen-bond acceptors (Lipinski definition) is 3. The summed E-state index contributed by atoms with van der Waals surface area (Å²) >= 11 is 1.83. The molecule has 0 aromatic heterocycles. The summed E-state index contributed by atoms with van der Waals surface area (Å²) in [5, 5.41) is 6.43. The standard InChI is InChI=1S/C13H26N2OS/c1-10(9-17-4)8-15-12(16)11-13(2,3)6-5-7-14-11/h10-11,14H,5-9H2,1-4H3,(H,15,16). The number of rotatable bonds is 5. The Morgan fingerprint density at radius 3 is 2.88 bits per heavy atom. The third kappa shape index (κ3) is 4.51. The fourth-order valence-corrected chi connectivity index (χ4v) is 3.07. The van der Waals surface area contributed by atoms with Crippen LogP contribution in [-0.2, 0) is 4.79 Å². The van der Waals surface area contributed by atoms with E-state index in [2.05, 4.69) is 37.7 Å². The first-order chi connectivity index (χ1) is 7.97. The molecule has 2 N–H and O–H groups in total. The smallest absolute Gasteiger partial charge is 0.237 e. The molecule has 0 aromatic rings. The Bertz CT molecular complexity index is 256. The van der Waals surface area contributed by atoms with Crippen molar-refractivity contribution in [3.63, 3.8) is 0 Å². The van der Waals surface area contributed by atoms with Crippen molar-refractivity contribution in [2.24, 2.45) is 11.3 Å². The molecule has 1 fully saturated rings. The summed E-state index contributed by atoms with van der Waals surface area (Å²) < 4.78 is 0. The van der Waals surface area contributed by atoms with Gasteiger partial charge in [0.25, 0.3) is 0 Å². The summed E-state index contributed by atoms with van der Waals surface area (Å²) in [6, 6.07) is -0.0299. The van der Waals surface area contributed by atoms with Gasteiger partial charge in [0.1, 0.15) is 0 Å². The highest BCUT2D eigenvalue weighted by molar-refractivity contribution is 7.98. The molecule has 3 nitrogen and oxygen atoms in total. The van der Waals surface area contributed by atoms with Gasteiger partial charge >= 0.3 is 0 Å². The number of hydrogen-bond donors (Lipinski definition) is 2. The molecule has 100 valence electrons. The van der Waals surface area contributed by atoms with Gasteiger partial charge in [-0.05, 0) is 42.7 Å². The Balaban J connectivity index is 2.41. The Hall–Kier alpha value is -0.220. The van der Waals surface area contributed by atoms with Crippen molar-refractivity contribution in [1.29, 1.82) is 0 Å². The van der Waals surface area contributed by atoms with E-state index < -0.39 is 0 Å². The third-order valence-electron chi connectivity index (χ3n) is 3.47. The van der Waals surface area contributed by atoms with E-state index in [4.69, 9.17) is 0 Å². The Kier molecular flexibility index (Phi) is 5.80. The second kappa shape index (κ2) is 6.64. The van der Waals surface area contributed by atoms with Crippen LogP contribution in [0.25, 0.3) is 0 Å². The molecule has 1 saturated heterocycles. The summed E-state index contributed by atoms with van der Waals surface area (Å²) in [7, 11) is 0. The minimum absolute atomic E-state index is 0.0299. The van der Waals surface area contributed by atoms with Gasteiger partial charge in [-0.1, -0.05) is 20.8 Å². The molecule has 1 aliphatic rings. The number of thioether (sulfide) groups is 1.